The molecule has 0 saturated carbocycles. The van der Waals surface area contributed by atoms with Crippen molar-refractivity contribution >= 4 is 33.2 Å². The highest BCUT2D eigenvalue weighted by atomic mass is 32.1. The smallest absolute Gasteiger partial charge is 0.158 e. The molecule has 2 aromatic heterocycles. The summed E-state index contributed by atoms with van der Waals surface area (Å²) in [7, 11) is 1.65. The van der Waals surface area contributed by atoms with E-state index in [1.165, 1.54) is 0 Å². The summed E-state index contributed by atoms with van der Waals surface area (Å²) in [5.74, 6) is 1.96. The molecule has 0 N–H and O–H groups in total. The van der Waals surface area contributed by atoms with Crippen LogP contribution in [0.4, 0.5) is 5.82 Å². The second-order valence-electron chi connectivity index (χ2n) is 6.66. The van der Waals surface area contributed by atoms with E-state index in [4.69, 9.17) is 9.72 Å². The molecule has 134 valence electrons. The number of anilines is 1. The zero-order valence-electron chi connectivity index (χ0n) is 14.9. The van der Waals surface area contributed by atoms with Crippen molar-refractivity contribution in [2.24, 2.45) is 5.92 Å². The van der Waals surface area contributed by atoms with E-state index in [1.807, 2.05) is 25.1 Å². The summed E-state index contributed by atoms with van der Waals surface area (Å²) >= 11 is 1.63. The maximum atomic E-state index is 12.0. The minimum atomic E-state index is 0.0263. The largest absolute Gasteiger partial charge is 0.377 e. The zero-order chi connectivity index (χ0) is 18.1. The molecule has 4 rings (SSSR count). The third-order valence-electron chi connectivity index (χ3n) is 4.79. The molecule has 0 amide bonds. The van der Waals surface area contributed by atoms with Crippen LogP contribution in [-0.2, 0) is 16.1 Å². The monoisotopic (exact) mass is 367 g/mol. The van der Waals surface area contributed by atoms with Gasteiger partial charge in [0.1, 0.15) is 23.0 Å². The van der Waals surface area contributed by atoms with Gasteiger partial charge in [-0.3, -0.25) is 4.79 Å². The highest BCUT2D eigenvalue weighted by Gasteiger charge is 2.27. The first-order chi connectivity index (χ1) is 12.7. The van der Waals surface area contributed by atoms with E-state index >= 15 is 0 Å². The summed E-state index contributed by atoms with van der Waals surface area (Å²) < 4.78 is 5.26. The molecule has 1 saturated heterocycles. The van der Waals surface area contributed by atoms with Crippen molar-refractivity contribution in [3.63, 3.8) is 0 Å². The molecule has 0 bridgehead atoms. The van der Waals surface area contributed by atoms with Crippen molar-refractivity contribution in [2.45, 2.75) is 20.0 Å². The molecule has 3 aromatic rings. The van der Waals surface area contributed by atoms with Gasteiger partial charge < -0.3 is 9.64 Å². The molecule has 1 unspecified atom stereocenters. The number of thiophene rings is 1. The van der Waals surface area contributed by atoms with E-state index in [0.717, 1.165) is 27.2 Å². The number of carbonyl (C=O) groups excluding carboxylic acids is 1. The van der Waals surface area contributed by atoms with Crippen LogP contribution in [0.25, 0.3) is 21.3 Å². The van der Waals surface area contributed by atoms with Crippen molar-refractivity contribution in [2.75, 3.05) is 25.1 Å². The van der Waals surface area contributed by atoms with Crippen LogP contribution in [0.3, 0.4) is 0 Å². The highest BCUT2D eigenvalue weighted by Crippen LogP contribution is 2.39. The number of hydrogen-bond donors (Lipinski definition) is 0. The fourth-order valence-corrected chi connectivity index (χ4v) is 4.39. The summed E-state index contributed by atoms with van der Waals surface area (Å²) in [4.78, 5) is 24.7. The Morgan fingerprint density at radius 2 is 2.08 bits per heavy atom. The summed E-state index contributed by atoms with van der Waals surface area (Å²) in [5.41, 5.74) is 2.30. The number of ether oxygens (including phenoxy) is 1. The Kier molecular flexibility index (Phi) is 4.70. The van der Waals surface area contributed by atoms with Gasteiger partial charge in [-0.2, -0.15) is 0 Å². The van der Waals surface area contributed by atoms with Crippen molar-refractivity contribution in [1.82, 2.24) is 9.97 Å². The molecule has 1 atom stereocenters. The van der Waals surface area contributed by atoms with Crippen molar-refractivity contribution in [1.29, 1.82) is 0 Å². The number of aromatic nitrogens is 2. The van der Waals surface area contributed by atoms with Crippen molar-refractivity contribution in [3.05, 3.63) is 41.5 Å². The summed E-state index contributed by atoms with van der Waals surface area (Å²) in [6, 6.07) is 10.3. The first kappa shape index (κ1) is 17.1. The number of Topliss-reactive ketones (excluding diaryl/α,β-unsaturated/α-hetero) is 1. The average Bonchev–Trinajstić information content (AvgIpc) is 3.08. The Morgan fingerprint density at radius 1 is 1.27 bits per heavy atom. The molecule has 3 heterocycles. The number of fused-ring (bicyclic) bond motifs is 1. The third kappa shape index (κ3) is 3.10. The van der Waals surface area contributed by atoms with Gasteiger partial charge >= 0.3 is 0 Å². The standard InChI is InChI=1S/C20H21N3O2S/c1-13-10-23(9-8-16(13)24)19-18-15(14-6-4-3-5-7-14)12-26-20(18)22-17(21-19)11-25-2/h3-7,12-13H,8-11H2,1-2H3. The third-order valence-corrected chi connectivity index (χ3v) is 5.66. The molecule has 26 heavy (non-hydrogen) atoms. The van der Waals surface area contributed by atoms with E-state index in [-0.39, 0.29) is 5.92 Å². The van der Waals surface area contributed by atoms with Crippen LogP contribution in [0.1, 0.15) is 19.2 Å². The SMILES string of the molecule is COCc1nc(N2CCC(=O)C(C)C2)c2c(-c3ccccc3)csc2n1. The lowest BCUT2D eigenvalue weighted by atomic mass is 9.98. The molecule has 1 aliphatic heterocycles. The van der Waals surface area contributed by atoms with Crippen LogP contribution < -0.4 is 4.90 Å². The van der Waals surface area contributed by atoms with Gasteiger partial charge in [-0.25, -0.2) is 9.97 Å². The molecular formula is C20H21N3O2S. The fourth-order valence-electron chi connectivity index (χ4n) is 3.43. The number of carbonyl (C=O) groups is 1. The van der Waals surface area contributed by atoms with Gasteiger partial charge in [0.15, 0.2) is 5.82 Å². The van der Waals surface area contributed by atoms with Crippen molar-refractivity contribution in [3.8, 4) is 11.1 Å². The summed E-state index contributed by atoms with van der Waals surface area (Å²) in [6.07, 6.45) is 0.567. The molecule has 0 spiro atoms. The Hall–Kier alpha value is -2.31. The van der Waals surface area contributed by atoms with Gasteiger partial charge in [0.05, 0.1) is 5.39 Å². The number of nitrogens with zero attached hydrogens (tertiary/aromatic N) is 3. The van der Waals surface area contributed by atoms with E-state index in [9.17, 15) is 4.79 Å². The van der Waals surface area contributed by atoms with Crippen LogP contribution >= 0.6 is 11.3 Å². The lowest BCUT2D eigenvalue weighted by Crippen LogP contribution is -2.40. The van der Waals surface area contributed by atoms with Crippen molar-refractivity contribution < 1.29 is 9.53 Å². The Balaban J connectivity index is 1.87. The number of ketones is 1. The molecule has 1 aromatic carbocycles. The van der Waals surface area contributed by atoms with Gasteiger partial charge in [0, 0.05) is 43.5 Å². The predicted molar refractivity (Wildman–Crippen MR) is 105 cm³/mol. The minimum Gasteiger partial charge on any atom is -0.377 e. The van der Waals surface area contributed by atoms with E-state index in [2.05, 4.69) is 27.4 Å². The second kappa shape index (κ2) is 7.13. The highest BCUT2D eigenvalue weighted by molar-refractivity contribution is 7.17. The van der Waals surface area contributed by atoms with Gasteiger partial charge in [-0.05, 0) is 5.56 Å². The number of methoxy groups -OCH3 is 1. The minimum absolute atomic E-state index is 0.0263. The molecule has 0 radical (unpaired) electrons. The summed E-state index contributed by atoms with van der Waals surface area (Å²) in [5, 5.41) is 3.22. The van der Waals surface area contributed by atoms with Crippen LogP contribution in [0.15, 0.2) is 35.7 Å². The van der Waals surface area contributed by atoms with Crippen LogP contribution in [-0.4, -0.2) is 36.0 Å². The second-order valence-corrected chi connectivity index (χ2v) is 7.51. The average molecular weight is 367 g/mol. The molecular weight excluding hydrogens is 346 g/mol. The van der Waals surface area contributed by atoms with E-state index in [1.54, 1.807) is 18.4 Å². The Labute approximate surface area is 156 Å². The van der Waals surface area contributed by atoms with Crippen LogP contribution in [0, 0.1) is 5.92 Å². The van der Waals surface area contributed by atoms with Gasteiger partial charge in [-0.15, -0.1) is 11.3 Å². The van der Waals surface area contributed by atoms with E-state index < -0.39 is 0 Å². The fraction of sp³-hybridized carbons (Fsp3) is 0.350. The van der Waals surface area contributed by atoms with Crippen LogP contribution in [0.5, 0.6) is 0 Å². The lowest BCUT2D eigenvalue weighted by Gasteiger charge is -2.31. The Morgan fingerprint density at radius 3 is 2.81 bits per heavy atom. The first-order valence-corrected chi connectivity index (χ1v) is 9.65. The molecule has 5 nitrogen and oxygen atoms in total. The van der Waals surface area contributed by atoms with Crippen LogP contribution in [0.2, 0.25) is 0 Å². The maximum Gasteiger partial charge on any atom is 0.158 e. The van der Waals surface area contributed by atoms with Gasteiger partial charge in [-0.1, -0.05) is 37.3 Å². The quantitative estimate of drug-likeness (QED) is 0.699. The molecule has 1 fully saturated rings. The lowest BCUT2D eigenvalue weighted by molar-refractivity contribution is -0.122. The number of piperidine rings is 1. The van der Waals surface area contributed by atoms with Gasteiger partial charge in [0.25, 0.3) is 0 Å². The molecule has 1 aliphatic rings. The number of hydrogen-bond acceptors (Lipinski definition) is 6. The zero-order valence-corrected chi connectivity index (χ0v) is 15.8. The number of benzene rings is 1. The molecule has 0 aliphatic carbocycles. The Bertz CT molecular complexity index is 939. The first-order valence-electron chi connectivity index (χ1n) is 8.77. The van der Waals surface area contributed by atoms with Gasteiger partial charge in [0.2, 0.25) is 0 Å². The summed E-state index contributed by atoms with van der Waals surface area (Å²) in [6.45, 7) is 3.77. The topological polar surface area (TPSA) is 55.3 Å². The maximum absolute atomic E-state index is 12.0. The normalized spacial score (nSPS) is 17.8. The van der Waals surface area contributed by atoms with E-state index in [0.29, 0.717) is 37.7 Å². The number of rotatable bonds is 4. The molecule has 6 heteroatoms. The predicted octanol–water partition coefficient (Wildman–Crippen LogP) is 3.92.